The molecular formula is C22H21ClN2O3S. The minimum Gasteiger partial charge on any atom is -0.337 e. The van der Waals surface area contributed by atoms with Crippen molar-refractivity contribution in [1.82, 2.24) is 4.90 Å². The van der Waals surface area contributed by atoms with E-state index in [9.17, 15) is 13.2 Å². The molecule has 3 rings (SSSR count). The molecule has 1 N–H and O–H groups in total. The summed E-state index contributed by atoms with van der Waals surface area (Å²) >= 11 is 5.84. The lowest BCUT2D eigenvalue weighted by Crippen LogP contribution is -2.28. The SMILES string of the molecule is Cc1ccccc1CN(C)C(=O)c1ccccc1NS(=O)(=O)c1ccc(Cl)cc1. The van der Waals surface area contributed by atoms with Crippen molar-refractivity contribution < 1.29 is 13.2 Å². The van der Waals surface area contributed by atoms with E-state index in [2.05, 4.69) is 4.72 Å². The summed E-state index contributed by atoms with van der Waals surface area (Å²) in [5.74, 6) is -0.275. The van der Waals surface area contributed by atoms with Crippen LogP contribution in [0.2, 0.25) is 5.02 Å². The van der Waals surface area contributed by atoms with E-state index in [4.69, 9.17) is 11.6 Å². The van der Waals surface area contributed by atoms with Crippen LogP contribution in [0, 0.1) is 6.92 Å². The zero-order valence-corrected chi connectivity index (χ0v) is 17.7. The normalized spacial score (nSPS) is 11.1. The van der Waals surface area contributed by atoms with Crippen LogP contribution in [0.4, 0.5) is 5.69 Å². The van der Waals surface area contributed by atoms with Crippen molar-refractivity contribution in [3.8, 4) is 0 Å². The van der Waals surface area contributed by atoms with E-state index in [1.807, 2.05) is 31.2 Å². The van der Waals surface area contributed by atoms with Crippen LogP contribution in [-0.4, -0.2) is 26.3 Å². The quantitative estimate of drug-likeness (QED) is 0.617. The number of nitrogens with zero attached hydrogens (tertiary/aromatic N) is 1. The van der Waals surface area contributed by atoms with Gasteiger partial charge in [-0.05, 0) is 54.4 Å². The highest BCUT2D eigenvalue weighted by molar-refractivity contribution is 7.92. The van der Waals surface area contributed by atoms with Crippen molar-refractivity contribution in [3.63, 3.8) is 0 Å². The van der Waals surface area contributed by atoms with Crippen LogP contribution >= 0.6 is 11.6 Å². The third kappa shape index (κ3) is 4.96. The summed E-state index contributed by atoms with van der Waals surface area (Å²) in [6.45, 7) is 2.41. The van der Waals surface area contributed by atoms with Gasteiger partial charge in [0.1, 0.15) is 0 Å². The van der Waals surface area contributed by atoms with E-state index in [1.165, 1.54) is 24.3 Å². The number of anilines is 1. The van der Waals surface area contributed by atoms with Crippen molar-refractivity contribution in [2.45, 2.75) is 18.4 Å². The van der Waals surface area contributed by atoms with Gasteiger partial charge in [-0.2, -0.15) is 0 Å². The van der Waals surface area contributed by atoms with Gasteiger partial charge in [-0.25, -0.2) is 8.42 Å². The van der Waals surface area contributed by atoms with Crippen molar-refractivity contribution >= 4 is 33.2 Å². The zero-order valence-electron chi connectivity index (χ0n) is 16.1. The molecule has 0 unspecified atom stereocenters. The Morgan fingerprint density at radius 1 is 0.966 bits per heavy atom. The first kappa shape index (κ1) is 20.9. The molecule has 0 bridgehead atoms. The van der Waals surface area contributed by atoms with Crippen LogP contribution in [-0.2, 0) is 16.6 Å². The molecule has 3 aromatic carbocycles. The van der Waals surface area contributed by atoms with Crippen molar-refractivity contribution in [3.05, 3.63) is 94.5 Å². The number of aryl methyl sites for hydroxylation is 1. The van der Waals surface area contributed by atoms with E-state index < -0.39 is 10.0 Å². The molecule has 0 atom stereocenters. The van der Waals surface area contributed by atoms with Crippen molar-refractivity contribution in [1.29, 1.82) is 0 Å². The van der Waals surface area contributed by atoms with Crippen molar-refractivity contribution in [2.24, 2.45) is 0 Å². The molecule has 7 heteroatoms. The first-order chi connectivity index (χ1) is 13.8. The highest BCUT2D eigenvalue weighted by atomic mass is 35.5. The third-order valence-corrected chi connectivity index (χ3v) is 6.17. The maximum absolute atomic E-state index is 13.0. The van der Waals surface area contributed by atoms with Gasteiger partial charge in [0, 0.05) is 18.6 Å². The van der Waals surface area contributed by atoms with E-state index >= 15 is 0 Å². The van der Waals surface area contributed by atoms with E-state index in [1.54, 1.807) is 36.2 Å². The van der Waals surface area contributed by atoms with Gasteiger partial charge in [-0.1, -0.05) is 48.0 Å². The van der Waals surface area contributed by atoms with E-state index in [0.29, 0.717) is 11.6 Å². The lowest BCUT2D eigenvalue weighted by molar-refractivity contribution is 0.0786. The van der Waals surface area contributed by atoms with Crippen LogP contribution in [0.1, 0.15) is 21.5 Å². The minimum absolute atomic E-state index is 0.0671. The molecule has 0 radical (unpaired) electrons. The minimum atomic E-state index is -3.86. The molecule has 0 aliphatic heterocycles. The highest BCUT2D eigenvalue weighted by Gasteiger charge is 2.21. The number of para-hydroxylation sites is 1. The summed E-state index contributed by atoms with van der Waals surface area (Å²) in [5.41, 5.74) is 2.62. The largest absolute Gasteiger partial charge is 0.337 e. The molecule has 1 amide bonds. The molecule has 0 saturated heterocycles. The molecule has 3 aromatic rings. The number of sulfonamides is 1. The predicted molar refractivity (Wildman–Crippen MR) is 116 cm³/mol. The Kier molecular flexibility index (Phi) is 6.25. The molecule has 150 valence electrons. The highest BCUT2D eigenvalue weighted by Crippen LogP contribution is 2.23. The Balaban J connectivity index is 1.85. The van der Waals surface area contributed by atoms with E-state index in [-0.39, 0.29) is 22.1 Å². The molecular weight excluding hydrogens is 408 g/mol. The predicted octanol–water partition coefficient (Wildman–Crippen LogP) is 4.72. The first-order valence-corrected chi connectivity index (χ1v) is 10.8. The molecule has 29 heavy (non-hydrogen) atoms. The summed E-state index contributed by atoms with van der Waals surface area (Å²) in [6, 6.07) is 20.2. The number of hydrogen-bond donors (Lipinski definition) is 1. The fourth-order valence-electron chi connectivity index (χ4n) is 2.90. The number of benzene rings is 3. The van der Waals surface area contributed by atoms with E-state index in [0.717, 1.165) is 11.1 Å². The maximum atomic E-state index is 13.0. The van der Waals surface area contributed by atoms with Gasteiger partial charge in [0.25, 0.3) is 15.9 Å². The van der Waals surface area contributed by atoms with Gasteiger partial charge < -0.3 is 4.90 Å². The van der Waals surface area contributed by atoms with Crippen LogP contribution in [0.25, 0.3) is 0 Å². The summed E-state index contributed by atoms with van der Waals surface area (Å²) in [6.07, 6.45) is 0. The Morgan fingerprint density at radius 3 is 2.28 bits per heavy atom. The topological polar surface area (TPSA) is 66.5 Å². The van der Waals surface area contributed by atoms with Gasteiger partial charge >= 0.3 is 0 Å². The standard InChI is InChI=1S/C22H21ClN2O3S/c1-16-7-3-4-8-17(16)15-25(2)22(26)20-9-5-6-10-21(20)24-29(27,28)19-13-11-18(23)12-14-19/h3-14,24H,15H2,1-2H3. The maximum Gasteiger partial charge on any atom is 0.261 e. The summed E-state index contributed by atoms with van der Waals surface area (Å²) in [4.78, 5) is 14.7. The number of rotatable bonds is 6. The lowest BCUT2D eigenvalue weighted by Gasteiger charge is -2.20. The molecule has 0 aliphatic carbocycles. The smallest absolute Gasteiger partial charge is 0.261 e. The third-order valence-electron chi connectivity index (χ3n) is 4.54. The number of amides is 1. The Morgan fingerprint density at radius 2 is 1.59 bits per heavy atom. The second-order valence-electron chi connectivity index (χ2n) is 6.69. The number of hydrogen-bond acceptors (Lipinski definition) is 3. The van der Waals surface area contributed by atoms with Gasteiger partial charge in [0.05, 0.1) is 16.1 Å². The second kappa shape index (κ2) is 8.68. The first-order valence-electron chi connectivity index (χ1n) is 8.95. The second-order valence-corrected chi connectivity index (χ2v) is 8.81. The Bertz CT molecular complexity index is 1130. The van der Waals surface area contributed by atoms with Crippen LogP contribution in [0.5, 0.6) is 0 Å². The number of halogens is 1. The van der Waals surface area contributed by atoms with Crippen LogP contribution in [0.3, 0.4) is 0 Å². The zero-order chi connectivity index (χ0) is 21.0. The molecule has 5 nitrogen and oxygen atoms in total. The molecule has 0 saturated carbocycles. The average Bonchev–Trinajstić information content (AvgIpc) is 2.69. The summed E-state index contributed by atoms with van der Waals surface area (Å²) < 4.78 is 27.9. The summed E-state index contributed by atoms with van der Waals surface area (Å²) in [7, 11) is -2.16. The Labute approximate surface area is 176 Å². The molecule has 0 aliphatic rings. The van der Waals surface area contributed by atoms with Gasteiger partial charge in [0.15, 0.2) is 0 Å². The van der Waals surface area contributed by atoms with Crippen LogP contribution in [0.15, 0.2) is 77.7 Å². The lowest BCUT2D eigenvalue weighted by atomic mass is 10.1. The fraction of sp³-hybridized carbons (Fsp3) is 0.136. The molecule has 0 fully saturated rings. The van der Waals surface area contributed by atoms with Gasteiger partial charge in [-0.15, -0.1) is 0 Å². The summed E-state index contributed by atoms with van der Waals surface area (Å²) in [5, 5.41) is 0.442. The van der Waals surface area contributed by atoms with Crippen LogP contribution < -0.4 is 4.72 Å². The number of nitrogens with one attached hydrogen (secondary N) is 1. The van der Waals surface area contributed by atoms with Gasteiger partial charge in [0.2, 0.25) is 0 Å². The van der Waals surface area contributed by atoms with Crippen molar-refractivity contribution in [2.75, 3.05) is 11.8 Å². The number of carbonyl (C=O) groups excluding carboxylic acids is 1. The van der Waals surface area contributed by atoms with Gasteiger partial charge in [-0.3, -0.25) is 9.52 Å². The molecule has 0 heterocycles. The average molecular weight is 429 g/mol. The molecule has 0 aromatic heterocycles. The molecule has 0 spiro atoms. The fourth-order valence-corrected chi connectivity index (χ4v) is 4.10. The monoisotopic (exact) mass is 428 g/mol. The number of carbonyl (C=O) groups is 1. The Hall–Kier alpha value is -2.83.